The van der Waals surface area contributed by atoms with Crippen LogP contribution in [0.25, 0.3) is 0 Å². The van der Waals surface area contributed by atoms with E-state index in [1.807, 2.05) is 20.5 Å². The molecule has 33 heavy (non-hydrogen) atoms. The molecule has 1 aliphatic rings. The van der Waals surface area contributed by atoms with Crippen LogP contribution in [0, 0.1) is 17.8 Å². The van der Waals surface area contributed by atoms with Gasteiger partial charge in [-0.15, -0.1) is 8.20 Å². The third-order valence-corrected chi connectivity index (χ3v) is 8.61. The number of ketones is 2. The predicted octanol–water partition coefficient (Wildman–Crippen LogP) is 5.11. The normalized spacial score (nSPS) is 22.5. The number of nitrogens with two attached hydrogens (primary N) is 2. The van der Waals surface area contributed by atoms with Gasteiger partial charge in [0.2, 0.25) is 0 Å². The zero-order valence-electron chi connectivity index (χ0n) is 22.3. The summed E-state index contributed by atoms with van der Waals surface area (Å²) < 4.78 is 0. The minimum atomic E-state index is -0.763. The van der Waals surface area contributed by atoms with Crippen LogP contribution in [-0.2, 0) is 9.59 Å². The van der Waals surface area contributed by atoms with E-state index in [2.05, 4.69) is 26.1 Å². The first-order valence-electron chi connectivity index (χ1n) is 13.2. The summed E-state index contributed by atoms with van der Waals surface area (Å²) in [6, 6.07) is 0. The Kier molecular flexibility index (Phi) is 13.6. The van der Waals surface area contributed by atoms with E-state index in [9.17, 15) is 9.59 Å². The number of rotatable bonds is 18. The minimum absolute atomic E-state index is 0.0350. The summed E-state index contributed by atoms with van der Waals surface area (Å²) in [5.41, 5.74) is 10.4. The lowest BCUT2D eigenvalue weighted by Gasteiger charge is -2.37. The summed E-state index contributed by atoms with van der Waals surface area (Å²) in [5.74, 6) is 2.44. The molecular weight excluding hydrogens is 429 g/mol. The van der Waals surface area contributed by atoms with Crippen molar-refractivity contribution in [3.63, 3.8) is 0 Å². The highest BCUT2D eigenvalue weighted by Gasteiger charge is 2.33. The fourth-order valence-corrected chi connectivity index (χ4v) is 5.40. The van der Waals surface area contributed by atoms with Crippen molar-refractivity contribution in [2.24, 2.45) is 29.2 Å². The van der Waals surface area contributed by atoms with Gasteiger partial charge in [-0.1, -0.05) is 58.8 Å². The number of unbranched alkanes of at least 4 members (excludes halogenated alkanes) is 3. The average Bonchev–Trinajstić information content (AvgIpc) is 2.77. The van der Waals surface area contributed by atoms with E-state index in [0.717, 1.165) is 57.6 Å². The lowest BCUT2D eigenvalue weighted by atomic mass is 9.68. The highest BCUT2D eigenvalue weighted by atomic mass is 31.1. The van der Waals surface area contributed by atoms with Crippen LogP contribution in [0.4, 0.5) is 0 Å². The third-order valence-electron chi connectivity index (χ3n) is 7.74. The molecule has 0 heterocycles. The van der Waals surface area contributed by atoms with Crippen LogP contribution < -0.4 is 16.8 Å². The van der Waals surface area contributed by atoms with Gasteiger partial charge in [0.25, 0.3) is 0 Å². The number of Topliss-reactive ketones (excluding diaryl/α,β-unsaturated/α-hetero) is 2. The summed E-state index contributed by atoms with van der Waals surface area (Å²) in [6.07, 6.45) is 12.7. The summed E-state index contributed by atoms with van der Waals surface area (Å²) in [7, 11) is 1.07. The summed E-state index contributed by atoms with van der Waals surface area (Å²) in [4.78, 5) is 24.8. The summed E-state index contributed by atoms with van der Waals surface area (Å²) in [6.45, 7) is 13.2. The molecule has 1 aliphatic carbocycles. The number of hydrogen-bond donors (Lipinski definition) is 3. The molecule has 5 N–H and O–H groups in total. The van der Waals surface area contributed by atoms with Gasteiger partial charge in [0, 0.05) is 5.29 Å². The monoisotopic (exact) mass is 481 g/mol. The number of nitrogens with one attached hydrogen (secondary N) is 1. The highest BCUT2D eigenvalue weighted by molar-refractivity contribution is 7.42. The fourth-order valence-electron chi connectivity index (χ4n) is 4.95. The maximum absolute atomic E-state index is 13.0. The zero-order valence-corrected chi connectivity index (χ0v) is 23.2. The average molecular weight is 482 g/mol. The molecule has 0 spiro atoms. The van der Waals surface area contributed by atoms with Gasteiger partial charge in [0.05, 0.1) is 17.6 Å². The Labute approximate surface area is 205 Å². The van der Waals surface area contributed by atoms with Gasteiger partial charge >= 0.3 is 0 Å². The second-order valence-electron chi connectivity index (χ2n) is 11.2. The van der Waals surface area contributed by atoms with Gasteiger partial charge in [-0.25, -0.2) is 0 Å². The van der Waals surface area contributed by atoms with Crippen molar-refractivity contribution in [3.05, 3.63) is 0 Å². The van der Waals surface area contributed by atoms with Crippen LogP contribution in [0.15, 0.2) is 0 Å². The molecule has 192 valence electrons. The van der Waals surface area contributed by atoms with Crippen LogP contribution in [0.2, 0.25) is 0 Å². The summed E-state index contributed by atoms with van der Waals surface area (Å²) in [5, 5.41) is 4.52. The van der Waals surface area contributed by atoms with Gasteiger partial charge < -0.3 is 16.8 Å². The molecular formula is C27H52N3O2P. The molecule has 0 amide bonds. The van der Waals surface area contributed by atoms with Crippen molar-refractivity contribution < 1.29 is 9.59 Å². The predicted molar refractivity (Wildman–Crippen MR) is 144 cm³/mol. The molecule has 0 saturated heterocycles. The molecule has 0 bridgehead atoms. The second kappa shape index (κ2) is 14.7. The maximum Gasteiger partial charge on any atom is 0.182 e. The van der Waals surface area contributed by atoms with Crippen molar-refractivity contribution in [3.8, 4) is 0 Å². The molecule has 1 rings (SSSR count). The Morgan fingerprint density at radius 3 is 2.09 bits per heavy atom. The standard InChI is InChI=1S/C27H52N3O2P/c1-20(2)19-30-27(5,25(32)21(3)33-6)17-10-8-7-9-12-22-14-15-23(22)13-11-16-26(4,29)24(31)18-28/h20,22-23,30H,7-19,28-29H2,1-6H3. The molecule has 6 heteroatoms. The Morgan fingerprint density at radius 2 is 1.58 bits per heavy atom. The van der Waals surface area contributed by atoms with E-state index >= 15 is 0 Å². The Balaban J connectivity index is 2.31. The topological polar surface area (TPSA) is 98.2 Å². The Morgan fingerprint density at radius 1 is 1.00 bits per heavy atom. The first kappa shape index (κ1) is 30.4. The van der Waals surface area contributed by atoms with Crippen LogP contribution in [0.3, 0.4) is 0 Å². The lowest BCUT2D eigenvalue weighted by Crippen LogP contribution is -2.52. The first-order valence-corrected chi connectivity index (χ1v) is 14.6. The number of hydrogen-bond acceptors (Lipinski definition) is 5. The van der Waals surface area contributed by atoms with E-state index in [1.165, 1.54) is 44.9 Å². The van der Waals surface area contributed by atoms with E-state index in [-0.39, 0.29) is 18.1 Å². The molecule has 0 radical (unpaired) electrons. The van der Waals surface area contributed by atoms with E-state index in [1.54, 1.807) is 0 Å². The zero-order chi connectivity index (χ0) is 25.1. The third kappa shape index (κ3) is 10.3. The van der Waals surface area contributed by atoms with Crippen LogP contribution >= 0.6 is 8.20 Å². The molecule has 1 saturated carbocycles. The van der Waals surface area contributed by atoms with Gasteiger partial charge in [-0.05, 0) is 77.4 Å². The lowest BCUT2D eigenvalue weighted by molar-refractivity contribution is -0.122. The molecule has 0 aliphatic heterocycles. The molecule has 1 fully saturated rings. The van der Waals surface area contributed by atoms with Crippen LogP contribution in [0.5, 0.6) is 0 Å². The highest BCUT2D eigenvalue weighted by Crippen LogP contribution is 2.41. The maximum atomic E-state index is 13.0. The van der Waals surface area contributed by atoms with Crippen LogP contribution in [-0.4, -0.2) is 47.7 Å². The quantitative estimate of drug-likeness (QED) is 0.187. The molecule has 0 aromatic heterocycles. The molecule has 0 aromatic rings. The first-order chi connectivity index (χ1) is 15.5. The Bertz CT molecular complexity index is 647. The molecule has 4 atom stereocenters. The van der Waals surface area contributed by atoms with Gasteiger partial charge in [0.1, 0.15) is 0 Å². The van der Waals surface area contributed by atoms with Gasteiger partial charge in [-0.2, -0.15) is 0 Å². The van der Waals surface area contributed by atoms with E-state index in [0.29, 0.717) is 5.92 Å². The van der Waals surface area contributed by atoms with Crippen molar-refractivity contribution in [2.45, 2.75) is 116 Å². The smallest absolute Gasteiger partial charge is 0.182 e. The van der Waals surface area contributed by atoms with Crippen molar-refractivity contribution in [1.82, 2.24) is 5.32 Å². The Hall–Kier alpha value is -0.610. The molecule has 5 nitrogen and oxygen atoms in total. The summed E-state index contributed by atoms with van der Waals surface area (Å²) >= 11 is 0. The number of carbonyl (C=O) groups is 2. The second-order valence-corrected chi connectivity index (χ2v) is 12.4. The van der Waals surface area contributed by atoms with Gasteiger partial charge in [-0.3, -0.25) is 9.59 Å². The SMILES string of the molecule is CP=C(C)C(=O)C(C)(CCCCCCC1CCC1CCCC(C)(N)C(=O)CN)NCC(C)C. The van der Waals surface area contributed by atoms with Crippen molar-refractivity contribution in [2.75, 3.05) is 19.8 Å². The van der Waals surface area contributed by atoms with Crippen LogP contribution in [0.1, 0.15) is 105 Å². The largest absolute Gasteiger partial charge is 0.324 e. The number of carbonyl (C=O) groups excluding carboxylic acids is 2. The fraction of sp³-hybridized carbons (Fsp3) is 0.889. The van der Waals surface area contributed by atoms with E-state index < -0.39 is 11.1 Å². The van der Waals surface area contributed by atoms with Gasteiger partial charge in [0.15, 0.2) is 11.6 Å². The molecule has 0 aromatic carbocycles. The van der Waals surface area contributed by atoms with Crippen molar-refractivity contribution in [1.29, 1.82) is 0 Å². The minimum Gasteiger partial charge on any atom is -0.324 e. The molecule has 4 unspecified atom stereocenters. The van der Waals surface area contributed by atoms with Crippen molar-refractivity contribution >= 4 is 25.1 Å². The van der Waals surface area contributed by atoms with E-state index in [4.69, 9.17) is 11.5 Å².